The van der Waals surface area contributed by atoms with Crippen LogP contribution in [0.25, 0.3) is 44.3 Å². The van der Waals surface area contributed by atoms with E-state index in [1.807, 2.05) is 77.2 Å². The minimum atomic E-state index is -0.692. The molecule has 2 aliphatic heterocycles. The normalized spacial score (nSPS) is 14.3. The van der Waals surface area contributed by atoms with E-state index >= 15 is 4.39 Å². The van der Waals surface area contributed by atoms with E-state index < -0.39 is 23.3 Å². The molecule has 2 fully saturated rings. The van der Waals surface area contributed by atoms with E-state index in [4.69, 9.17) is 31.0 Å². The Kier molecular flexibility index (Phi) is 12.4. The highest BCUT2D eigenvalue weighted by Gasteiger charge is 2.24. The average Bonchev–Trinajstić information content (AvgIpc) is 3.25. The molecule has 0 saturated carbocycles. The van der Waals surface area contributed by atoms with Crippen LogP contribution in [-0.2, 0) is 9.47 Å². The Labute approximate surface area is 363 Å². The molecule has 0 spiro atoms. The first-order chi connectivity index (χ1) is 29.8. The third-order valence-electron chi connectivity index (χ3n) is 11.9. The maximum absolute atomic E-state index is 15.5. The van der Waals surface area contributed by atoms with Crippen LogP contribution in [0.5, 0.6) is 0 Å². The van der Waals surface area contributed by atoms with Gasteiger partial charge >= 0.3 is 0 Å². The van der Waals surface area contributed by atoms with Crippen LogP contribution in [0.1, 0.15) is 33.4 Å². The summed E-state index contributed by atoms with van der Waals surface area (Å²) in [6.45, 7) is 17.3. The van der Waals surface area contributed by atoms with Crippen LogP contribution in [-0.4, -0.2) is 67.6 Å². The van der Waals surface area contributed by atoms with Gasteiger partial charge < -0.3 is 24.6 Å². The molecule has 9 rings (SSSR count). The average molecular weight is 863 g/mol. The highest BCUT2D eigenvalue weighted by molar-refractivity contribution is 6.36. The highest BCUT2D eigenvalue weighted by atomic mass is 35.5. The number of nitrogens with zero attached hydrogens (tertiary/aromatic N) is 5. The van der Waals surface area contributed by atoms with Crippen molar-refractivity contribution in [3.8, 4) is 22.5 Å². The van der Waals surface area contributed by atoms with Crippen LogP contribution in [0.4, 0.5) is 40.4 Å². The first-order valence-corrected chi connectivity index (χ1v) is 21.0. The zero-order chi connectivity index (χ0) is 43.8. The molecule has 1 N–H and O–H groups in total. The summed E-state index contributed by atoms with van der Waals surface area (Å²) in [7, 11) is 0. The minimum absolute atomic E-state index is 0.162. The van der Waals surface area contributed by atoms with E-state index in [-0.39, 0.29) is 26.8 Å². The molecule has 8 nitrogen and oxygen atoms in total. The Bertz CT molecular complexity index is 2840. The molecule has 13 heteroatoms. The number of aryl methyl sites for hydroxylation is 2. The molecule has 0 unspecified atom stereocenters. The van der Waals surface area contributed by atoms with Crippen molar-refractivity contribution in [2.45, 2.75) is 41.5 Å². The summed E-state index contributed by atoms with van der Waals surface area (Å²) in [4.78, 5) is 18.5. The third-order valence-corrected chi connectivity index (χ3v) is 12.4. The maximum atomic E-state index is 15.5. The Balaban J connectivity index is 0.000000203. The number of nitrogens with one attached hydrogen (secondary N) is 1. The lowest BCUT2D eigenvalue weighted by molar-refractivity contribution is 0.122. The molecule has 7 aromatic rings. The topological polar surface area (TPSA) is 75.6 Å². The van der Waals surface area contributed by atoms with Crippen molar-refractivity contribution in [3.05, 3.63) is 135 Å². The summed E-state index contributed by atoms with van der Waals surface area (Å²) in [5.41, 5.74) is 11.8. The van der Waals surface area contributed by atoms with Gasteiger partial charge in [0, 0.05) is 61.6 Å². The second-order valence-electron chi connectivity index (χ2n) is 15.8. The van der Waals surface area contributed by atoms with Crippen molar-refractivity contribution < 1.29 is 27.0 Å². The quantitative estimate of drug-likeness (QED) is 0.166. The van der Waals surface area contributed by atoms with Crippen LogP contribution in [0.2, 0.25) is 5.02 Å². The summed E-state index contributed by atoms with van der Waals surface area (Å²) in [6.07, 6.45) is 1.89. The van der Waals surface area contributed by atoms with Gasteiger partial charge in [-0.2, -0.15) is 0 Å². The van der Waals surface area contributed by atoms with E-state index in [9.17, 15) is 13.2 Å². The molecule has 0 radical (unpaired) electrons. The number of fused-ring (bicyclic) bond motifs is 2. The second kappa shape index (κ2) is 17.9. The molecule has 2 aliphatic rings. The van der Waals surface area contributed by atoms with E-state index in [1.54, 1.807) is 6.92 Å². The summed E-state index contributed by atoms with van der Waals surface area (Å²) in [5, 5.41) is 4.25. The zero-order valence-electron chi connectivity index (χ0n) is 35.5. The first-order valence-electron chi connectivity index (χ1n) is 20.6. The fourth-order valence-corrected chi connectivity index (χ4v) is 8.43. The van der Waals surface area contributed by atoms with Crippen LogP contribution in [0.3, 0.4) is 0 Å². The van der Waals surface area contributed by atoms with Crippen molar-refractivity contribution in [3.63, 3.8) is 0 Å². The Morgan fingerprint density at radius 2 is 1.10 bits per heavy atom. The molecule has 4 aromatic carbocycles. The highest BCUT2D eigenvalue weighted by Crippen LogP contribution is 2.41. The summed E-state index contributed by atoms with van der Waals surface area (Å²) < 4.78 is 68.6. The molecule has 62 heavy (non-hydrogen) atoms. The van der Waals surface area contributed by atoms with Gasteiger partial charge in [0.1, 0.15) is 23.3 Å². The summed E-state index contributed by atoms with van der Waals surface area (Å²) in [6, 6.07) is 18.2. The fraction of sp³-hybridized carbons (Fsp3) is 0.286. The smallest absolute Gasteiger partial charge is 0.152 e. The molecule has 0 aliphatic carbocycles. The SMILES string of the molecule is Cc1cccc(-c2nc3cc(F)cc(F)c3c(Cl)c2C)c1C.Cc1cccc(-c2nc3cc(F)cc(F)c3c(Nc3cc(N4CCOCC4)cnc3N3CCOCC3)c2C)c1C. The van der Waals surface area contributed by atoms with Crippen LogP contribution >= 0.6 is 11.6 Å². The fourth-order valence-electron chi connectivity index (χ4n) is 8.16. The number of ether oxygens (including phenoxy) is 2. The van der Waals surface area contributed by atoms with Gasteiger partial charge in [-0.1, -0.05) is 48.0 Å². The molecule has 2 saturated heterocycles. The number of rotatable bonds is 6. The molecule has 3 aromatic heterocycles. The molecule has 0 atom stereocenters. The van der Waals surface area contributed by atoms with Crippen molar-refractivity contribution in [2.24, 2.45) is 0 Å². The van der Waals surface area contributed by atoms with Crippen molar-refractivity contribution in [1.29, 1.82) is 0 Å². The van der Waals surface area contributed by atoms with Gasteiger partial charge in [0.05, 0.1) is 87.9 Å². The lowest BCUT2D eigenvalue weighted by Gasteiger charge is -2.32. The van der Waals surface area contributed by atoms with Gasteiger partial charge in [-0.25, -0.2) is 32.5 Å². The first kappa shape index (κ1) is 42.9. The van der Waals surface area contributed by atoms with E-state index in [2.05, 4.69) is 26.2 Å². The zero-order valence-corrected chi connectivity index (χ0v) is 36.3. The number of halogens is 5. The monoisotopic (exact) mass is 862 g/mol. The second-order valence-corrected chi connectivity index (χ2v) is 16.2. The van der Waals surface area contributed by atoms with Crippen LogP contribution < -0.4 is 15.1 Å². The number of anilines is 4. The number of aromatic nitrogens is 3. The van der Waals surface area contributed by atoms with Gasteiger partial charge in [-0.05, 0) is 81.0 Å². The molecule has 320 valence electrons. The minimum Gasteiger partial charge on any atom is -0.378 e. The molecule has 5 heterocycles. The number of morpholine rings is 2. The van der Waals surface area contributed by atoms with Crippen LogP contribution in [0.15, 0.2) is 72.9 Å². The molecular weight excluding hydrogens is 816 g/mol. The van der Waals surface area contributed by atoms with Gasteiger partial charge in [0.2, 0.25) is 0 Å². The van der Waals surface area contributed by atoms with Gasteiger partial charge in [0.15, 0.2) is 5.82 Å². The molecule has 0 amide bonds. The summed E-state index contributed by atoms with van der Waals surface area (Å²) >= 11 is 6.33. The third kappa shape index (κ3) is 8.39. The number of pyridine rings is 3. The van der Waals surface area contributed by atoms with Crippen LogP contribution in [0, 0.1) is 64.8 Å². The van der Waals surface area contributed by atoms with Crippen molar-refractivity contribution in [1.82, 2.24) is 15.0 Å². The van der Waals surface area contributed by atoms with E-state index in [0.29, 0.717) is 62.2 Å². The lowest BCUT2D eigenvalue weighted by atomic mass is 9.96. The Morgan fingerprint density at radius 1 is 0.597 bits per heavy atom. The Morgan fingerprint density at radius 3 is 1.66 bits per heavy atom. The van der Waals surface area contributed by atoms with Gasteiger partial charge in [-0.15, -0.1) is 0 Å². The van der Waals surface area contributed by atoms with Crippen molar-refractivity contribution in [2.75, 3.05) is 67.7 Å². The van der Waals surface area contributed by atoms with E-state index in [0.717, 1.165) is 81.4 Å². The summed E-state index contributed by atoms with van der Waals surface area (Å²) in [5.74, 6) is -1.91. The standard InChI is InChI=1S/C31H33F2N5O2.C18H14ClF2N/c1-19-5-4-6-24(20(19)2)29-21(3)30(28-25(33)15-22(32)16-26(28)35-29)36-27-17-23(37-7-11-39-12-8-37)18-34-31(27)38-9-13-40-14-10-38;1-9-5-4-6-13(10(9)2)18-11(3)17(19)16-14(21)7-12(20)8-15(16)22-18/h4-6,15-18H,7-14H2,1-3H3,(H,35,36);4-8H,1-3H3. The molecule has 0 bridgehead atoms. The largest absolute Gasteiger partial charge is 0.378 e. The number of hydrogen-bond donors (Lipinski definition) is 1. The van der Waals surface area contributed by atoms with Gasteiger partial charge in [0.25, 0.3) is 0 Å². The van der Waals surface area contributed by atoms with Gasteiger partial charge in [-0.3, -0.25) is 0 Å². The molecular formula is C49H47ClF4N6O2. The predicted octanol–water partition coefficient (Wildman–Crippen LogP) is 11.7. The van der Waals surface area contributed by atoms with E-state index in [1.165, 1.54) is 12.1 Å². The number of benzene rings is 4. The van der Waals surface area contributed by atoms with Crippen molar-refractivity contribution >= 4 is 56.3 Å². The maximum Gasteiger partial charge on any atom is 0.152 e. The number of hydrogen-bond acceptors (Lipinski definition) is 8. The Hall–Kier alpha value is -5.82. The predicted molar refractivity (Wildman–Crippen MR) is 241 cm³/mol. The lowest BCUT2D eigenvalue weighted by Crippen LogP contribution is -2.38.